The molecule has 2 aromatic rings. The highest BCUT2D eigenvalue weighted by Gasteiger charge is 2.32. The lowest BCUT2D eigenvalue weighted by Crippen LogP contribution is -2.36. The molecule has 0 saturated carbocycles. The molecule has 1 unspecified atom stereocenters. The van der Waals surface area contributed by atoms with Gasteiger partial charge in [-0.15, -0.1) is 0 Å². The van der Waals surface area contributed by atoms with Crippen molar-refractivity contribution in [1.82, 2.24) is 0 Å². The van der Waals surface area contributed by atoms with Crippen molar-refractivity contribution in [3.63, 3.8) is 0 Å². The fourth-order valence-electron chi connectivity index (χ4n) is 2.39. The van der Waals surface area contributed by atoms with Crippen LogP contribution in [0.5, 0.6) is 0 Å². The van der Waals surface area contributed by atoms with Crippen LogP contribution in [0.4, 0.5) is 0 Å². The summed E-state index contributed by atoms with van der Waals surface area (Å²) in [5.74, 6) is 0. The highest BCUT2D eigenvalue weighted by Crippen LogP contribution is 2.29. The van der Waals surface area contributed by atoms with Gasteiger partial charge in [-0.1, -0.05) is 60.7 Å². The maximum Gasteiger partial charge on any atom is 0.120 e. The Hall–Kier alpha value is -1.64. The van der Waals surface area contributed by atoms with Crippen molar-refractivity contribution in [1.29, 1.82) is 0 Å². The third kappa shape index (κ3) is 3.22. The van der Waals surface area contributed by atoms with E-state index in [1.54, 1.807) is 14.2 Å². The van der Waals surface area contributed by atoms with E-state index in [9.17, 15) is 0 Å². The summed E-state index contributed by atoms with van der Waals surface area (Å²) in [6.07, 6.45) is 0.794. The largest absolute Gasteiger partial charge is 0.381 e. The lowest BCUT2D eigenvalue weighted by atomic mass is 9.87. The van der Waals surface area contributed by atoms with Gasteiger partial charge in [0, 0.05) is 20.6 Å². The van der Waals surface area contributed by atoms with Gasteiger partial charge in [0.1, 0.15) is 5.60 Å². The summed E-state index contributed by atoms with van der Waals surface area (Å²) in [6.45, 7) is 0.530. The number of hydrogen-bond donors (Lipinski definition) is 0. The molecule has 2 heteroatoms. The quantitative estimate of drug-likeness (QED) is 0.788. The Balaban J connectivity index is 2.34. The van der Waals surface area contributed by atoms with Crippen LogP contribution >= 0.6 is 0 Å². The standard InChI is InChI=1S/C17H20O2/c1-18-14-17(19-2,16-11-7-4-8-12-16)13-15-9-5-3-6-10-15/h3-12H,13-14H2,1-2H3. The number of methoxy groups -OCH3 is 2. The van der Waals surface area contributed by atoms with E-state index in [1.807, 2.05) is 36.4 Å². The predicted octanol–water partition coefficient (Wildman–Crippen LogP) is 3.42. The van der Waals surface area contributed by atoms with Gasteiger partial charge in [0.15, 0.2) is 0 Å². The van der Waals surface area contributed by atoms with E-state index in [2.05, 4.69) is 24.3 Å². The van der Waals surface area contributed by atoms with Crippen molar-refractivity contribution in [2.24, 2.45) is 0 Å². The average molecular weight is 256 g/mol. The zero-order valence-electron chi connectivity index (χ0n) is 11.5. The number of benzene rings is 2. The van der Waals surface area contributed by atoms with Gasteiger partial charge in [-0.05, 0) is 11.1 Å². The number of rotatable bonds is 6. The van der Waals surface area contributed by atoms with Crippen LogP contribution in [0.25, 0.3) is 0 Å². The topological polar surface area (TPSA) is 18.5 Å². The fourth-order valence-corrected chi connectivity index (χ4v) is 2.39. The van der Waals surface area contributed by atoms with Gasteiger partial charge in [0.25, 0.3) is 0 Å². The predicted molar refractivity (Wildman–Crippen MR) is 77.2 cm³/mol. The van der Waals surface area contributed by atoms with Gasteiger partial charge in [0.2, 0.25) is 0 Å². The fraction of sp³-hybridized carbons (Fsp3) is 0.294. The Morgan fingerprint density at radius 2 is 1.42 bits per heavy atom. The molecule has 1 atom stereocenters. The molecule has 0 aliphatic rings. The van der Waals surface area contributed by atoms with Crippen LogP contribution in [-0.2, 0) is 21.5 Å². The minimum atomic E-state index is -0.433. The first-order valence-electron chi connectivity index (χ1n) is 6.44. The number of hydrogen-bond acceptors (Lipinski definition) is 2. The molecule has 0 heterocycles. The third-order valence-corrected chi connectivity index (χ3v) is 3.40. The van der Waals surface area contributed by atoms with Crippen molar-refractivity contribution in [2.45, 2.75) is 12.0 Å². The Labute approximate surface area is 115 Å². The van der Waals surface area contributed by atoms with Gasteiger partial charge in [-0.3, -0.25) is 0 Å². The van der Waals surface area contributed by atoms with Crippen molar-refractivity contribution >= 4 is 0 Å². The first-order chi connectivity index (χ1) is 9.30. The Morgan fingerprint density at radius 3 is 1.95 bits per heavy atom. The monoisotopic (exact) mass is 256 g/mol. The zero-order chi connectivity index (χ0) is 13.6. The second-order valence-electron chi connectivity index (χ2n) is 4.66. The molecule has 19 heavy (non-hydrogen) atoms. The van der Waals surface area contributed by atoms with E-state index in [0.29, 0.717) is 6.61 Å². The summed E-state index contributed by atoms with van der Waals surface area (Å²) >= 11 is 0. The van der Waals surface area contributed by atoms with Gasteiger partial charge < -0.3 is 9.47 Å². The van der Waals surface area contributed by atoms with Crippen molar-refractivity contribution < 1.29 is 9.47 Å². The van der Waals surface area contributed by atoms with E-state index in [4.69, 9.17) is 9.47 Å². The van der Waals surface area contributed by atoms with Gasteiger partial charge in [-0.2, -0.15) is 0 Å². The van der Waals surface area contributed by atoms with E-state index in [1.165, 1.54) is 5.56 Å². The van der Waals surface area contributed by atoms with Crippen LogP contribution in [0.2, 0.25) is 0 Å². The summed E-state index contributed by atoms with van der Waals surface area (Å²) in [5.41, 5.74) is 1.95. The molecular weight excluding hydrogens is 236 g/mol. The van der Waals surface area contributed by atoms with E-state index >= 15 is 0 Å². The summed E-state index contributed by atoms with van der Waals surface area (Å²) in [6, 6.07) is 20.6. The van der Waals surface area contributed by atoms with Crippen LogP contribution < -0.4 is 0 Å². The molecule has 0 N–H and O–H groups in total. The molecule has 0 aliphatic carbocycles. The summed E-state index contributed by atoms with van der Waals surface area (Å²) in [5, 5.41) is 0. The van der Waals surface area contributed by atoms with E-state index in [0.717, 1.165) is 12.0 Å². The van der Waals surface area contributed by atoms with E-state index in [-0.39, 0.29) is 0 Å². The van der Waals surface area contributed by atoms with Crippen LogP contribution in [0.1, 0.15) is 11.1 Å². The van der Waals surface area contributed by atoms with E-state index < -0.39 is 5.60 Å². The molecule has 2 nitrogen and oxygen atoms in total. The first kappa shape index (κ1) is 13.8. The highest BCUT2D eigenvalue weighted by atomic mass is 16.5. The molecule has 2 aromatic carbocycles. The molecule has 0 aromatic heterocycles. The third-order valence-electron chi connectivity index (χ3n) is 3.40. The summed E-state index contributed by atoms with van der Waals surface area (Å²) in [4.78, 5) is 0. The second-order valence-corrected chi connectivity index (χ2v) is 4.66. The van der Waals surface area contributed by atoms with Crippen LogP contribution in [0, 0.1) is 0 Å². The molecule has 0 radical (unpaired) electrons. The number of ether oxygens (including phenoxy) is 2. The SMILES string of the molecule is COCC(Cc1ccccc1)(OC)c1ccccc1. The molecule has 0 spiro atoms. The Kier molecular flexibility index (Phi) is 4.72. The smallest absolute Gasteiger partial charge is 0.120 e. The lowest BCUT2D eigenvalue weighted by Gasteiger charge is -2.32. The van der Waals surface area contributed by atoms with Crippen molar-refractivity contribution in [3.8, 4) is 0 Å². The van der Waals surface area contributed by atoms with Gasteiger partial charge >= 0.3 is 0 Å². The van der Waals surface area contributed by atoms with Gasteiger partial charge in [-0.25, -0.2) is 0 Å². The molecule has 2 rings (SSSR count). The molecule has 0 fully saturated rings. The molecule has 0 amide bonds. The Bertz CT molecular complexity index is 481. The normalized spacial score (nSPS) is 14.0. The highest BCUT2D eigenvalue weighted by molar-refractivity contribution is 5.27. The van der Waals surface area contributed by atoms with Crippen molar-refractivity contribution in [3.05, 3.63) is 71.8 Å². The van der Waals surface area contributed by atoms with Crippen molar-refractivity contribution in [2.75, 3.05) is 20.8 Å². The summed E-state index contributed by atoms with van der Waals surface area (Å²) in [7, 11) is 3.46. The van der Waals surface area contributed by atoms with Crippen LogP contribution in [-0.4, -0.2) is 20.8 Å². The maximum atomic E-state index is 5.84. The molecule has 0 aliphatic heterocycles. The van der Waals surface area contributed by atoms with Gasteiger partial charge in [0.05, 0.1) is 6.61 Å². The lowest BCUT2D eigenvalue weighted by molar-refractivity contribution is -0.0691. The minimum Gasteiger partial charge on any atom is -0.381 e. The zero-order valence-corrected chi connectivity index (χ0v) is 11.5. The molecule has 0 saturated heterocycles. The molecular formula is C17H20O2. The molecule has 100 valence electrons. The molecule has 0 bridgehead atoms. The second kappa shape index (κ2) is 6.50. The average Bonchev–Trinajstić information content (AvgIpc) is 2.49. The summed E-state index contributed by atoms with van der Waals surface area (Å²) < 4.78 is 11.2. The van der Waals surface area contributed by atoms with Crippen LogP contribution in [0.15, 0.2) is 60.7 Å². The Morgan fingerprint density at radius 1 is 0.842 bits per heavy atom. The minimum absolute atomic E-state index is 0.433. The van der Waals surface area contributed by atoms with Crippen LogP contribution in [0.3, 0.4) is 0 Å². The maximum absolute atomic E-state index is 5.84. The first-order valence-corrected chi connectivity index (χ1v) is 6.44.